The maximum absolute atomic E-state index is 14.4. The van der Waals surface area contributed by atoms with Gasteiger partial charge in [-0.2, -0.15) is 13.2 Å². The molecule has 1 atom stereocenters. The average Bonchev–Trinajstić information content (AvgIpc) is 2.87. The molecule has 1 aliphatic heterocycles. The molecule has 39 heavy (non-hydrogen) atoms. The van der Waals surface area contributed by atoms with Crippen molar-refractivity contribution in [3.8, 4) is 0 Å². The number of rotatable bonds is 6. The predicted octanol–water partition coefficient (Wildman–Crippen LogP) is 6.99. The summed E-state index contributed by atoms with van der Waals surface area (Å²) in [5, 5.41) is 0.202. The zero-order chi connectivity index (χ0) is 28.5. The van der Waals surface area contributed by atoms with E-state index in [2.05, 4.69) is 0 Å². The highest BCUT2D eigenvalue weighted by molar-refractivity contribution is 7.92. The molecule has 1 aliphatic rings. The zero-order valence-electron chi connectivity index (χ0n) is 20.9. The molecular weight excluding hydrogens is 558 g/mol. The number of nitrogens with zero attached hydrogens (tertiary/aromatic N) is 1. The van der Waals surface area contributed by atoms with Crippen LogP contribution in [0.25, 0.3) is 11.6 Å². The first-order valence-electron chi connectivity index (χ1n) is 11.9. The quantitative estimate of drug-likeness (QED) is 0.179. The lowest BCUT2D eigenvalue weighted by Gasteiger charge is -2.34. The number of hydrogen-bond donors (Lipinski definition) is 0. The number of hydrogen-bond acceptors (Lipinski definition) is 4. The summed E-state index contributed by atoms with van der Waals surface area (Å²) in [6, 6.07) is 12.6. The number of halogens is 5. The Morgan fingerprint density at radius 2 is 1.85 bits per heavy atom. The second kappa shape index (κ2) is 11.0. The summed E-state index contributed by atoms with van der Waals surface area (Å²) in [5.74, 6) is -2.00. The molecule has 1 unspecified atom stereocenters. The highest BCUT2D eigenvalue weighted by atomic mass is 35.5. The summed E-state index contributed by atoms with van der Waals surface area (Å²) >= 11 is 6.18. The van der Waals surface area contributed by atoms with Crippen molar-refractivity contribution in [2.24, 2.45) is 5.92 Å². The number of alkyl halides is 3. The lowest BCUT2D eigenvalue weighted by atomic mass is 9.92. The Morgan fingerprint density at radius 3 is 2.51 bits per heavy atom. The lowest BCUT2D eigenvalue weighted by molar-refractivity contribution is -0.147. The molecular formula is C28H24ClF4NO4S. The predicted molar refractivity (Wildman–Crippen MR) is 141 cm³/mol. The number of anilines is 1. The van der Waals surface area contributed by atoms with Gasteiger partial charge in [-0.1, -0.05) is 41.9 Å². The molecule has 0 amide bonds. The molecule has 0 spiro atoms. The van der Waals surface area contributed by atoms with Gasteiger partial charge >= 0.3 is 12.1 Å². The zero-order valence-corrected chi connectivity index (χ0v) is 22.5. The van der Waals surface area contributed by atoms with Crippen LogP contribution in [-0.2, 0) is 32.2 Å². The van der Waals surface area contributed by atoms with Crippen molar-refractivity contribution in [3.05, 3.63) is 93.8 Å². The highest BCUT2D eigenvalue weighted by Gasteiger charge is 2.38. The molecule has 5 nitrogen and oxygen atoms in total. The number of ether oxygens (including phenoxy) is 1. The van der Waals surface area contributed by atoms with Gasteiger partial charge in [-0.15, -0.1) is 0 Å². The van der Waals surface area contributed by atoms with Crippen molar-refractivity contribution >= 4 is 44.9 Å². The maximum atomic E-state index is 14.4. The Hall–Kier alpha value is -3.37. The van der Waals surface area contributed by atoms with Gasteiger partial charge in [-0.05, 0) is 73.4 Å². The molecule has 11 heteroatoms. The van der Waals surface area contributed by atoms with Crippen LogP contribution in [0.5, 0.6) is 0 Å². The van der Waals surface area contributed by atoms with Crippen LogP contribution < -0.4 is 4.31 Å². The average molecular weight is 582 g/mol. The summed E-state index contributed by atoms with van der Waals surface area (Å²) < 4.78 is 88.0. The van der Waals surface area contributed by atoms with Crippen LogP contribution in [0.1, 0.15) is 36.1 Å². The Morgan fingerprint density at radius 1 is 1.13 bits per heavy atom. The smallest absolute Gasteiger partial charge is 0.416 e. The van der Waals surface area contributed by atoms with E-state index in [9.17, 15) is 30.8 Å². The third kappa shape index (κ3) is 5.96. The van der Waals surface area contributed by atoms with Crippen molar-refractivity contribution in [1.82, 2.24) is 0 Å². The van der Waals surface area contributed by atoms with E-state index in [0.717, 1.165) is 22.5 Å². The number of fused-ring (bicyclic) bond motifs is 1. The first kappa shape index (κ1) is 28.6. The van der Waals surface area contributed by atoms with Gasteiger partial charge in [0.1, 0.15) is 5.82 Å². The Bertz CT molecular complexity index is 1530. The Balaban J connectivity index is 1.83. The van der Waals surface area contributed by atoms with Crippen LogP contribution in [0.2, 0.25) is 5.02 Å². The molecule has 0 fully saturated rings. The normalized spacial score (nSPS) is 16.1. The van der Waals surface area contributed by atoms with Crippen molar-refractivity contribution in [2.45, 2.75) is 31.3 Å². The van der Waals surface area contributed by atoms with Gasteiger partial charge in [0.2, 0.25) is 0 Å². The first-order chi connectivity index (χ1) is 18.3. The molecule has 3 aromatic rings. The van der Waals surface area contributed by atoms with E-state index in [4.69, 9.17) is 16.3 Å². The van der Waals surface area contributed by atoms with Crippen LogP contribution >= 0.6 is 11.6 Å². The summed E-state index contributed by atoms with van der Waals surface area (Å²) in [7, 11) is -4.53. The molecule has 0 aliphatic carbocycles. The van der Waals surface area contributed by atoms with Crippen LogP contribution in [0.3, 0.4) is 0 Å². The number of esters is 1. The first-order valence-corrected chi connectivity index (χ1v) is 13.8. The maximum Gasteiger partial charge on any atom is 0.416 e. The Kier molecular flexibility index (Phi) is 8.09. The second-order valence-electron chi connectivity index (χ2n) is 9.03. The van der Waals surface area contributed by atoms with E-state index < -0.39 is 44.4 Å². The van der Waals surface area contributed by atoms with E-state index in [1.807, 2.05) is 0 Å². The molecule has 0 aromatic heterocycles. The molecule has 0 bridgehead atoms. The molecule has 0 saturated heterocycles. The highest BCUT2D eigenvalue weighted by Crippen LogP contribution is 2.38. The van der Waals surface area contributed by atoms with Crippen LogP contribution in [0.15, 0.2) is 65.6 Å². The molecule has 0 N–H and O–H groups in total. The molecule has 3 aromatic carbocycles. The van der Waals surface area contributed by atoms with E-state index in [-0.39, 0.29) is 35.8 Å². The van der Waals surface area contributed by atoms with Gasteiger partial charge in [-0.3, -0.25) is 9.10 Å². The molecule has 206 valence electrons. The minimum absolute atomic E-state index is 0.0875. The van der Waals surface area contributed by atoms with E-state index in [0.29, 0.717) is 22.8 Å². The van der Waals surface area contributed by atoms with Crippen LogP contribution in [-0.4, -0.2) is 27.5 Å². The topological polar surface area (TPSA) is 63.7 Å². The van der Waals surface area contributed by atoms with Crippen LogP contribution in [0, 0.1) is 11.7 Å². The number of carbonyl (C=O) groups excluding carboxylic acids is 1. The van der Waals surface area contributed by atoms with E-state index >= 15 is 0 Å². The molecule has 0 radical (unpaired) electrons. The monoisotopic (exact) mass is 581 g/mol. The lowest BCUT2D eigenvalue weighted by Crippen LogP contribution is -2.43. The van der Waals surface area contributed by atoms with Crippen molar-refractivity contribution in [1.29, 1.82) is 0 Å². The van der Waals surface area contributed by atoms with Gasteiger partial charge in [-0.25, -0.2) is 12.8 Å². The Labute approximate surface area is 228 Å². The second-order valence-corrected chi connectivity index (χ2v) is 11.3. The number of sulfonamides is 1. The van der Waals surface area contributed by atoms with Gasteiger partial charge in [0.05, 0.1) is 33.7 Å². The fraction of sp³-hybridized carbons (Fsp3) is 0.250. The summed E-state index contributed by atoms with van der Waals surface area (Å²) in [6.45, 7) is 3.03. The van der Waals surface area contributed by atoms with Crippen molar-refractivity contribution < 1.29 is 35.5 Å². The third-order valence-electron chi connectivity index (χ3n) is 6.34. The fourth-order valence-electron chi connectivity index (χ4n) is 4.51. The molecule has 1 heterocycles. The summed E-state index contributed by atoms with van der Waals surface area (Å²) in [4.78, 5) is 12.0. The molecule has 4 rings (SSSR count). The van der Waals surface area contributed by atoms with Gasteiger partial charge in [0.15, 0.2) is 0 Å². The van der Waals surface area contributed by atoms with Gasteiger partial charge in [0, 0.05) is 12.1 Å². The fourth-order valence-corrected chi connectivity index (χ4v) is 6.40. The van der Waals surface area contributed by atoms with E-state index in [1.165, 1.54) is 12.1 Å². The number of benzene rings is 3. The minimum Gasteiger partial charge on any atom is -0.466 e. The van der Waals surface area contributed by atoms with Gasteiger partial charge in [0.25, 0.3) is 10.0 Å². The van der Waals surface area contributed by atoms with Gasteiger partial charge < -0.3 is 4.74 Å². The van der Waals surface area contributed by atoms with Crippen molar-refractivity contribution in [2.75, 3.05) is 17.5 Å². The third-order valence-corrected chi connectivity index (χ3v) is 8.43. The SMILES string of the molecule is CCOC(=O)C1Cc2ccc(C=C(C)c3c(F)cccc3Cl)cc2N(S(=O)(=O)c2cccc(C(F)(F)F)c2)C1. The molecule has 0 saturated carbocycles. The number of allylic oxidation sites excluding steroid dienone is 1. The van der Waals surface area contributed by atoms with Crippen LogP contribution in [0.4, 0.5) is 23.2 Å². The standard InChI is InChI=1S/C28H24ClF4NO4S/c1-3-38-27(35)20-14-19-11-10-18(12-17(2)26-23(29)8-5-9-24(26)30)13-25(19)34(16-20)39(36,37)22-7-4-6-21(15-22)28(31,32)33/h4-13,15,20H,3,14,16H2,1-2H3. The van der Waals surface area contributed by atoms with Crippen molar-refractivity contribution in [3.63, 3.8) is 0 Å². The largest absolute Gasteiger partial charge is 0.466 e. The van der Waals surface area contributed by atoms with E-state index in [1.54, 1.807) is 44.2 Å². The summed E-state index contributed by atoms with van der Waals surface area (Å²) in [6.07, 6.45) is -2.95. The minimum atomic E-state index is -4.75. The number of carbonyl (C=O) groups is 1. The summed E-state index contributed by atoms with van der Waals surface area (Å²) in [5.41, 5.74) is 0.752.